The number of hydrogen-bond donors (Lipinski definition) is 0. The zero-order chi connectivity index (χ0) is 13.6. The van der Waals surface area contributed by atoms with Crippen LogP contribution in [0.5, 0.6) is 0 Å². The molecule has 3 nitrogen and oxygen atoms in total. The van der Waals surface area contributed by atoms with Crippen LogP contribution in [0.15, 0.2) is 0 Å². The smallest absolute Gasteiger partial charge is 0.107 e. The van der Waals surface area contributed by atoms with Crippen LogP contribution in [-0.4, -0.2) is 39.6 Å². The number of ether oxygens (including phenoxy) is 3. The lowest BCUT2D eigenvalue weighted by atomic mass is 10.1. The van der Waals surface area contributed by atoms with Crippen LogP contribution in [0.25, 0.3) is 0 Å². The minimum absolute atomic E-state index is 0.410. The molecule has 0 rings (SSSR count). The zero-order valence-electron chi connectivity index (χ0n) is 12.3. The fraction of sp³-hybridized carbons (Fsp3) is 0.867. The van der Waals surface area contributed by atoms with Gasteiger partial charge in [0.05, 0.1) is 26.4 Å². The van der Waals surface area contributed by atoms with E-state index >= 15 is 0 Å². The van der Waals surface area contributed by atoms with Crippen molar-refractivity contribution in [3.63, 3.8) is 0 Å². The quantitative estimate of drug-likeness (QED) is 0.444. The lowest BCUT2D eigenvalue weighted by Crippen LogP contribution is -2.10. The Bertz CT molecular complexity index is 226. The van der Waals surface area contributed by atoms with E-state index < -0.39 is 0 Å². The van der Waals surface area contributed by atoms with Crippen LogP contribution < -0.4 is 0 Å². The first-order valence-corrected chi connectivity index (χ1v) is 6.84. The van der Waals surface area contributed by atoms with Crippen molar-refractivity contribution in [2.75, 3.05) is 39.6 Å². The van der Waals surface area contributed by atoms with Crippen molar-refractivity contribution in [3.8, 4) is 11.8 Å². The van der Waals surface area contributed by atoms with Gasteiger partial charge in [0.2, 0.25) is 0 Å². The van der Waals surface area contributed by atoms with Gasteiger partial charge in [-0.2, -0.15) is 0 Å². The largest absolute Gasteiger partial charge is 0.379 e. The Morgan fingerprint density at radius 1 is 0.778 bits per heavy atom. The van der Waals surface area contributed by atoms with Crippen LogP contribution in [0.3, 0.4) is 0 Å². The number of hydrogen-bond acceptors (Lipinski definition) is 3. The molecule has 0 saturated carbocycles. The molecule has 0 aliphatic carbocycles. The molecule has 106 valence electrons. The molecular formula is C15H28O3. The van der Waals surface area contributed by atoms with Crippen molar-refractivity contribution in [1.82, 2.24) is 0 Å². The van der Waals surface area contributed by atoms with Crippen LogP contribution >= 0.6 is 0 Å². The van der Waals surface area contributed by atoms with Gasteiger partial charge >= 0.3 is 0 Å². The Kier molecular flexibility index (Phi) is 12.5. The van der Waals surface area contributed by atoms with Gasteiger partial charge in [0, 0.05) is 12.5 Å². The van der Waals surface area contributed by atoms with Crippen LogP contribution in [0.1, 0.15) is 34.1 Å². The molecule has 0 N–H and O–H groups in total. The summed E-state index contributed by atoms with van der Waals surface area (Å²) in [6.07, 6.45) is 1.11. The zero-order valence-corrected chi connectivity index (χ0v) is 12.3. The topological polar surface area (TPSA) is 27.7 Å². The third kappa shape index (κ3) is 15.4. The van der Waals surface area contributed by atoms with E-state index in [4.69, 9.17) is 14.2 Å². The van der Waals surface area contributed by atoms with Gasteiger partial charge in [0.25, 0.3) is 0 Å². The summed E-state index contributed by atoms with van der Waals surface area (Å²) in [7, 11) is 0. The maximum absolute atomic E-state index is 5.43. The molecule has 18 heavy (non-hydrogen) atoms. The van der Waals surface area contributed by atoms with E-state index in [0.717, 1.165) is 13.0 Å². The monoisotopic (exact) mass is 256 g/mol. The van der Waals surface area contributed by atoms with Gasteiger partial charge in [-0.05, 0) is 12.3 Å². The summed E-state index contributed by atoms with van der Waals surface area (Å²) in [5, 5.41) is 0. The maximum atomic E-state index is 5.43. The van der Waals surface area contributed by atoms with Gasteiger partial charge in [0.1, 0.15) is 6.61 Å². The van der Waals surface area contributed by atoms with Crippen LogP contribution in [-0.2, 0) is 14.2 Å². The normalized spacial score (nSPS) is 10.8. The molecule has 0 aromatic carbocycles. The van der Waals surface area contributed by atoms with Gasteiger partial charge < -0.3 is 14.2 Å². The predicted octanol–water partition coefficient (Wildman–Crippen LogP) is 2.74. The van der Waals surface area contributed by atoms with Crippen molar-refractivity contribution in [3.05, 3.63) is 0 Å². The molecule has 0 radical (unpaired) electrons. The first-order chi connectivity index (χ1) is 8.63. The molecule has 0 atom stereocenters. The lowest BCUT2D eigenvalue weighted by molar-refractivity contribution is 0.0182. The minimum Gasteiger partial charge on any atom is -0.379 e. The molecule has 0 fully saturated rings. The van der Waals surface area contributed by atoms with Gasteiger partial charge in [-0.25, -0.2) is 0 Å². The summed E-state index contributed by atoms with van der Waals surface area (Å²) in [5.74, 6) is 7.12. The first kappa shape index (κ1) is 17.4. The van der Waals surface area contributed by atoms with Gasteiger partial charge in [-0.15, -0.1) is 0 Å². The maximum Gasteiger partial charge on any atom is 0.107 e. The van der Waals surface area contributed by atoms with Crippen molar-refractivity contribution in [2.45, 2.75) is 34.1 Å². The summed E-state index contributed by atoms with van der Waals surface area (Å²) < 4.78 is 16.1. The molecule has 0 heterocycles. The van der Waals surface area contributed by atoms with Crippen molar-refractivity contribution in [1.29, 1.82) is 0 Å². The van der Waals surface area contributed by atoms with E-state index in [2.05, 4.69) is 39.5 Å². The Morgan fingerprint density at radius 2 is 1.33 bits per heavy atom. The molecule has 0 spiro atoms. The predicted molar refractivity (Wildman–Crippen MR) is 74.5 cm³/mol. The van der Waals surface area contributed by atoms with Gasteiger partial charge in [-0.1, -0.05) is 39.5 Å². The average Bonchev–Trinajstić information content (AvgIpc) is 2.29. The highest BCUT2D eigenvalue weighted by atomic mass is 16.5. The SMILES string of the molecule is CC(C)C#CCOCCOCCOCCC(C)C. The molecule has 0 amide bonds. The number of rotatable bonds is 10. The molecule has 0 aromatic heterocycles. The van der Waals surface area contributed by atoms with Gasteiger partial charge in [-0.3, -0.25) is 0 Å². The Hall–Kier alpha value is -0.560. The first-order valence-electron chi connectivity index (χ1n) is 6.84. The summed E-state index contributed by atoms with van der Waals surface area (Å²) >= 11 is 0. The molecule has 0 aliphatic rings. The summed E-state index contributed by atoms with van der Waals surface area (Å²) in [4.78, 5) is 0. The van der Waals surface area contributed by atoms with Crippen molar-refractivity contribution < 1.29 is 14.2 Å². The fourth-order valence-electron chi connectivity index (χ4n) is 1.13. The summed E-state index contributed by atoms with van der Waals surface area (Å²) in [6.45, 7) is 12.3. The molecule has 0 aromatic rings. The molecule has 0 saturated heterocycles. The third-order valence-corrected chi connectivity index (χ3v) is 2.15. The standard InChI is InChI=1S/C15H28O3/c1-14(2)6-5-8-16-10-12-18-13-11-17-9-7-15(3)4/h14-15H,7-13H2,1-4H3. The molecule has 3 heteroatoms. The van der Waals surface area contributed by atoms with Crippen molar-refractivity contribution in [2.24, 2.45) is 11.8 Å². The summed E-state index contributed by atoms with van der Waals surface area (Å²) in [6, 6.07) is 0. The molecule has 0 aliphatic heterocycles. The van der Waals surface area contributed by atoms with E-state index in [1.807, 2.05) is 0 Å². The van der Waals surface area contributed by atoms with E-state index in [9.17, 15) is 0 Å². The van der Waals surface area contributed by atoms with Crippen LogP contribution in [0, 0.1) is 23.7 Å². The Balaban J connectivity index is 3.06. The van der Waals surface area contributed by atoms with E-state index in [0.29, 0.717) is 44.9 Å². The van der Waals surface area contributed by atoms with Crippen LogP contribution in [0.4, 0.5) is 0 Å². The Labute approximate surface area is 112 Å². The minimum atomic E-state index is 0.410. The Morgan fingerprint density at radius 3 is 1.89 bits per heavy atom. The second-order valence-corrected chi connectivity index (χ2v) is 4.94. The second kappa shape index (κ2) is 12.9. The van der Waals surface area contributed by atoms with E-state index in [1.54, 1.807) is 0 Å². The lowest BCUT2D eigenvalue weighted by Gasteiger charge is -2.07. The fourth-order valence-corrected chi connectivity index (χ4v) is 1.13. The molecule has 0 unspecified atom stereocenters. The van der Waals surface area contributed by atoms with E-state index in [-0.39, 0.29) is 0 Å². The molecular weight excluding hydrogens is 228 g/mol. The summed E-state index contributed by atoms with van der Waals surface area (Å²) in [5.41, 5.74) is 0. The van der Waals surface area contributed by atoms with E-state index in [1.165, 1.54) is 0 Å². The van der Waals surface area contributed by atoms with Crippen LogP contribution in [0.2, 0.25) is 0 Å². The highest BCUT2D eigenvalue weighted by molar-refractivity contribution is 5.01. The van der Waals surface area contributed by atoms with Gasteiger partial charge in [0.15, 0.2) is 0 Å². The molecule has 0 bridgehead atoms. The van der Waals surface area contributed by atoms with Crippen molar-refractivity contribution >= 4 is 0 Å². The highest BCUT2D eigenvalue weighted by Crippen LogP contribution is 1.98. The second-order valence-electron chi connectivity index (χ2n) is 4.94. The average molecular weight is 256 g/mol. The highest BCUT2D eigenvalue weighted by Gasteiger charge is 1.94. The third-order valence-electron chi connectivity index (χ3n) is 2.15.